The lowest BCUT2D eigenvalue weighted by atomic mass is 10.00. The molecule has 0 aromatic carbocycles. The first kappa shape index (κ1) is 12.9. The van der Waals surface area contributed by atoms with Crippen LogP contribution in [0.4, 0.5) is 5.95 Å². The molecule has 1 heterocycles. The van der Waals surface area contributed by atoms with Crippen LogP contribution in [0.1, 0.15) is 20.3 Å². The molecule has 0 aliphatic rings. The van der Waals surface area contributed by atoms with Crippen LogP contribution >= 0.6 is 15.9 Å². The number of aliphatic carboxylic acids is 1. The molecule has 2 atom stereocenters. The summed E-state index contributed by atoms with van der Waals surface area (Å²) in [6.45, 7) is 3.83. The van der Waals surface area contributed by atoms with E-state index in [1.54, 1.807) is 12.4 Å². The van der Waals surface area contributed by atoms with E-state index >= 15 is 0 Å². The second-order valence-corrected chi connectivity index (χ2v) is 4.49. The average molecular weight is 288 g/mol. The van der Waals surface area contributed by atoms with Crippen molar-refractivity contribution >= 4 is 27.8 Å². The second-order valence-electron chi connectivity index (χ2n) is 3.57. The molecule has 1 aromatic rings. The number of aromatic nitrogens is 2. The van der Waals surface area contributed by atoms with Crippen molar-refractivity contribution in [2.24, 2.45) is 5.92 Å². The highest BCUT2D eigenvalue weighted by Crippen LogP contribution is 2.13. The minimum atomic E-state index is -0.888. The summed E-state index contributed by atoms with van der Waals surface area (Å²) in [5.41, 5.74) is 0. The molecule has 1 rings (SSSR count). The number of halogens is 1. The van der Waals surface area contributed by atoms with E-state index in [-0.39, 0.29) is 5.92 Å². The fourth-order valence-corrected chi connectivity index (χ4v) is 1.41. The summed E-state index contributed by atoms with van der Waals surface area (Å²) in [4.78, 5) is 19.0. The van der Waals surface area contributed by atoms with Crippen molar-refractivity contribution in [3.8, 4) is 0 Å². The van der Waals surface area contributed by atoms with Crippen molar-refractivity contribution in [2.75, 3.05) is 5.32 Å². The maximum atomic E-state index is 11.0. The Morgan fingerprint density at radius 3 is 2.56 bits per heavy atom. The Balaban J connectivity index is 2.75. The second kappa shape index (κ2) is 5.79. The third kappa shape index (κ3) is 3.44. The SMILES string of the molecule is CC[C@H](C)[C@H](Nc1ncc(Br)cn1)C(=O)O. The summed E-state index contributed by atoms with van der Waals surface area (Å²) in [5.74, 6) is -0.540. The topological polar surface area (TPSA) is 75.1 Å². The maximum absolute atomic E-state index is 11.0. The van der Waals surface area contributed by atoms with Gasteiger partial charge in [0, 0.05) is 12.4 Å². The fraction of sp³-hybridized carbons (Fsp3) is 0.500. The standard InChI is InChI=1S/C10H14BrN3O2/c1-3-6(2)8(9(15)16)14-10-12-4-7(11)5-13-10/h4-6,8H,3H2,1-2H3,(H,15,16)(H,12,13,14)/t6-,8-/m0/s1. The van der Waals surface area contributed by atoms with Gasteiger partial charge in [0.2, 0.25) is 5.95 Å². The van der Waals surface area contributed by atoms with Crippen molar-refractivity contribution in [3.05, 3.63) is 16.9 Å². The van der Waals surface area contributed by atoms with Crippen LogP contribution < -0.4 is 5.32 Å². The highest BCUT2D eigenvalue weighted by Gasteiger charge is 2.23. The van der Waals surface area contributed by atoms with Gasteiger partial charge in [0.15, 0.2) is 0 Å². The zero-order valence-electron chi connectivity index (χ0n) is 9.14. The van der Waals surface area contributed by atoms with Gasteiger partial charge in [-0.15, -0.1) is 0 Å². The molecule has 16 heavy (non-hydrogen) atoms. The number of carboxylic acids is 1. The van der Waals surface area contributed by atoms with E-state index in [9.17, 15) is 4.79 Å². The van der Waals surface area contributed by atoms with Crippen LogP contribution in [-0.4, -0.2) is 27.1 Å². The Hall–Kier alpha value is -1.17. The van der Waals surface area contributed by atoms with Crippen LogP contribution in [-0.2, 0) is 4.79 Å². The number of hydrogen-bond acceptors (Lipinski definition) is 4. The smallest absolute Gasteiger partial charge is 0.326 e. The van der Waals surface area contributed by atoms with Crippen LogP contribution in [0.5, 0.6) is 0 Å². The zero-order chi connectivity index (χ0) is 12.1. The molecule has 0 unspecified atom stereocenters. The van der Waals surface area contributed by atoms with E-state index in [2.05, 4.69) is 31.2 Å². The molecule has 5 nitrogen and oxygen atoms in total. The van der Waals surface area contributed by atoms with Gasteiger partial charge in [-0.1, -0.05) is 20.3 Å². The van der Waals surface area contributed by atoms with Crippen LogP contribution in [0.3, 0.4) is 0 Å². The van der Waals surface area contributed by atoms with Crippen molar-refractivity contribution < 1.29 is 9.90 Å². The molecule has 0 amide bonds. The molecule has 0 spiro atoms. The Kier molecular flexibility index (Phi) is 4.67. The lowest BCUT2D eigenvalue weighted by Gasteiger charge is -2.19. The third-order valence-electron chi connectivity index (χ3n) is 2.38. The average Bonchev–Trinajstić information content (AvgIpc) is 2.27. The molecule has 6 heteroatoms. The Bertz CT molecular complexity index is 356. The lowest BCUT2D eigenvalue weighted by Crippen LogP contribution is -2.35. The minimum absolute atomic E-state index is 0.0183. The number of rotatable bonds is 5. The predicted molar refractivity (Wildman–Crippen MR) is 64.2 cm³/mol. The Morgan fingerprint density at radius 2 is 2.12 bits per heavy atom. The number of carboxylic acid groups (broad SMARTS) is 1. The van der Waals surface area contributed by atoms with E-state index in [4.69, 9.17) is 5.11 Å². The quantitative estimate of drug-likeness (QED) is 0.868. The summed E-state index contributed by atoms with van der Waals surface area (Å²) in [5, 5.41) is 11.9. The van der Waals surface area contributed by atoms with Gasteiger partial charge >= 0.3 is 5.97 Å². The number of nitrogens with zero attached hydrogens (tertiary/aromatic N) is 2. The number of hydrogen-bond donors (Lipinski definition) is 2. The largest absolute Gasteiger partial charge is 0.480 e. The van der Waals surface area contributed by atoms with E-state index in [1.165, 1.54) is 0 Å². The van der Waals surface area contributed by atoms with Gasteiger partial charge in [0.25, 0.3) is 0 Å². The van der Waals surface area contributed by atoms with Gasteiger partial charge in [0.1, 0.15) is 6.04 Å². The van der Waals surface area contributed by atoms with Gasteiger partial charge in [-0.3, -0.25) is 0 Å². The molecule has 0 saturated carbocycles. The van der Waals surface area contributed by atoms with Crippen molar-refractivity contribution in [2.45, 2.75) is 26.3 Å². The van der Waals surface area contributed by atoms with Crippen molar-refractivity contribution in [3.63, 3.8) is 0 Å². The van der Waals surface area contributed by atoms with Gasteiger partial charge in [0.05, 0.1) is 4.47 Å². The van der Waals surface area contributed by atoms with E-state index in [0.717, 1.165) is 10.9 Å². The molecule has 0 radical (unpaired) electrons. The van der Waals surface area contributed by atoms with Crippen LogP contribution in [0.15, 0.2) is 16.9 Å². The van der Waals surface area contributed by atoms with Crippen LogP contribution in [0.25, 0.3) is 0 Å². The highest BCUT2D eigenvalue weighted by atomic mass is 79.9. The maximum Gasteiger partial charge on any atom is 0.326 e. The van der Waals surface area contributed by atoms with Crippen LogP contribution in [0.2, 0.25) is 0 Å². The first-order valence-electron chi connectivity index (χ1n) is 5.01. The molecule has 0 aliphatic heterocycles. The lowest BCUT2D eigenvalue weighted by molar-refractivity contribution is -0.139. The third-order valence-corrected chi connectivity index (χ3v) is 2.79. The first-order chi connectivity index (χ1) is 7.54. The molecule has 0 fully saturated rings. The summed E-state index contributed by atoms with van der Waals surface area (Å²) in [6, 6.07) is -0.661. The zero-order valence-corrected chi connectivity index (χ0v) is 10.7. The molecule has 2 N–H and O–H groups in total. The first-order valence-corrected chi connectivity index (χ1v) is 5.80. The van der Waals surface area contributed by atoms with E-state index in [0.29, 0.717) is 5.95 Å². The van der Waals surface area contributed by atoms with Gasteiger partial charge in [-0.2, -0.15) is 0 Å². The van der Waals surface area contributed by atoms with Crippen molar-refractivity contribution in [1.82, 2.24) is 9.97 Å². The summed E-state index contributed by atoms with van der Waals surface area (Å²) >= 11 is 3.21. The Morgan fingerprint density at radius 1 is 1.56 bits per heavy atom. The highest BCUT2D eigenvalue weighted by molar-refractivity contribution is 9.10. The van der Waals surface area contributed by atoms with Crippen LogP contribution in [0, 0.1) is 5.92 Å². The normalized spacial score (nSPS) is 14.2. The Labute approximate surface area is 102 Å². The van der Waals surface area contributed by atoms with Gasteiger partial charge < -0.3 is 10.4 Å². The molecule has 0 aliphatic carbocycles. The molecule has 88 valence electrons. The number of anilines is 1. The monoisotopic (exact) mass is 287 g/mol. The minimum Gasteiger partial charge on any atom is -0.480 e. The van der Waals surface area contributed by atoms with Crippen molar-refractivity contribution in [1.29, 1.82) is 0 Å². The molecule has 1 aromatic heterocycles. The predicted octanol–water partition coefficient (Wildman–Crippen LogP) is 2.15. The van der Waals surface area contributed by atoms with Gasteiger partial charge in [-0.25, -0.2) is 14.8 Å². The molecular weight excluding hydrogens is 274 g/mol. The van der Waals surface area contributed by atoms with E-state index in [1.807, 2.05) is 13.8 Å². The summed E-state index contributed by atoms with van der Waals surface area (Å²) < 4.78 is 0.758. The molecular formula is C10H14BrN3O2. The summed E-state index contributed by atoms with van der Waals surface area (Å²) in [7, 11) is 0. The molecule has 0 saturated heterocycles. The van der Waals surface area contributed by atoms with Gasteiger partial charge in [-0.05, 0) is 21.8 Å². The number of nitrogens with one attached hydrogen (secondary N) is 1. The molecule has 0 bridgehead atoms. The van der Waals surface area contributed by atoms with E-state index < -0.39 is 12.0 Å². The number of carbonyl (C=O) groups is 1. The fourth-order valence-electron chi connectivity index (χ4n) is 1.21. The summed E-state index contributed by atoms with van der Waals surface area (Å²) in [6.07, 6.45) is 3.93.